The Kier molecular flexibility index (Phi) is 7.43. The number of fused-ring (bicyclic) bond motifs is 2. The van der Waals surface area contributed by atoms with E-state index in [0.29, 0.717) is 18.2 Å². The molecule has 2 N–H and O–H groups in total. The first-order chi connectivity index (χ1) is 16.8. The van der Waals surface area contributed by atoms with E-state index >= 15 is 0 Å². The summed E-state index contributed by atoms with van der Waals surface area (Å²) >= 11 is 12.0. The largest absolute Gasteiger partial charge is 0.434 e. The molecule has 0 saturated carbocycles. The normalized spacial score (nSPS) is 22.2. The highest BCUT2D eigenvalue weighted by Crippen LogP contribution is 2.42. The van der Waals surface area contributed by atoms with Gasteiger partial charge in [-0.05, 0) is 91.7 Å². The van der Waals surface area contributed by atoms with E-state index in [9.17, 15) is 13.2 Å². The van der Waals surface area contributed by atoms with E-state index in [4.69, 9.17) is 23.2 Å². The molecule has 3 heterocycles. The molecule has 4 nitrogen and oxygen atoms in total. The summed E-state index contributed by atoms with van der Waals surface area (Å²) in [5.41, 5.74) is 4.90. The van der Waals surface area contributed by atoms with Crippen molar-refractivity contribution in [1.82, 2.24) is 20.5 Å². The monoisotopic (exact) mass is 524 g/mol. The molecule has 0 spiro atoms. The SMILES string of the molecule is FC(F)(F)c1nc(CCCN2CCC3=C(Cc4ccc(Cl)cc43)C2CNCC2CCN2)ccc1Cl. The van der Waals surface area contributed by atoms with Crippen LogP contribution in [0.5, 0.6) is 0 Å². The number of nitrogens with zero attached hydrogens (tertiary/aromatic N) is 2. The van der Waals surface area contributed by atoms with E-state index in [1.54, 1.807) is 6.07 Å². The van der Waals surface area contributed by atoms with Crippen LogP contribution in [0.4, 0.5) is 13.2 Å². The summed E-state index contributed by atoms with van der Waals surface area (Å²) in [7, 11) is 0. The Morgan fingerprint density at radius 2 is 1.97 bits per heavy atom. The van der Waals surface area contributed by atoms with Crippen molar-refractivity contribution in [3.63, 3.8) is 0 Å². The summed E-state index contributed by atoms with van der Waals surface area (Å²) in [6.45, 7) is 4.60. The molecule has 0 bridgehead atoms. The van der Waals surface area contributed by atoms with Gasteiger partial charge in [0.25, 0.3) is 0 Å². The number of rotatable bonds is 8. The topological polar surface area (TPSA) is 40.2 Å². The number of aryl methyl sites for hydroxylation is 1. The van der Waals surface area contributed by atoms with E-state index in [1.165, 1.54) is 34.8 Å². The molecular formula is C26H29Cl2F3N4. The number of pyridine rings is 1. The fourth-order valence-corrected chi connectivity index (χ4v) is 5.82. The Balaban J connectivity index is 1.27. The van der Waals surface area contributed by atoms with Gasteiger partial charge in [0.2, 0.25) is 0 Å². The quantitative estimate of drug-likeness (QED) is 0.486. The van der Waals surface area contributed by atoms with Crippen molar-refractivity contribution in [2.45, 2.75) is 50.4 Å². The summed E-state index contributed by atoms with van der Waals surface area (Å²) in [6, 6.07) is 9.87. The van der Waals surface area contributed by atoms with Gasteiger partial charge < -0.3 is 10.6 Å². The zero-order valence-corrected chi connectivity index (χ0v) is 20.9. The molecule has 2 aromatic rings. The van der Waals surface area contributed by atoms with Crippen LogP contribution in [0.1, 0.15) is 41.8 Å². The number of halogens is 5. The van der Waals surface area contributed by atoms with Gasteiger partial charge in [0.05, 0.1) is 5.02 Å². The fourth-order valence-electron chi connectivity index (χ4n) is 5.44. The lowest BCUT2D eigenvalue weighted by Crippen LogP contribution is -2.52. The fraction of sp³-hybridized carbons (Fsp3) is 0.500. The average molecular weight is 525 g/mol. The number of nitrogens with one attached hydrogen (secondary N) is 2. The maximum absolute atomic E-state index is 13.2. The highest BCUT2D eigenvalue weighted by molar-refractivity contribution is 6.31. The number of alkyl halides is 3. The molecule has 35 heavy (non-hydrogen) atoms. The standard InChI is InChI=1S/C26H29Cl2F3N4/c27-17-4-3-16-12-22-20(21(16)13-17)8-11-35(24(22)15-32-14-19-7-9-33-19)10-1-2-18-5-6-23(28)25(34-18)26(29,30)31/h3-6,13,19,24,32-33H,1-2,7-12,14-15H2. The van der Waals surface area contributed by atoms with Crippen LogP contribution in [0.3, 0.4) is 0 Å². The molecule has 2 unspecified atom stereocenters. The first-order valence-corrected chi connectivity index (χ1v) is 13.0. The second-order valence-corrected chi connectivity index (χ2v) is 10.5. The molecule has 0 radical (unpaired) electrons. The van der Waals surface area contributed by atoms with Crippen molar-refractivity contribution < 1.29 is 13.2 Å². The Morgan fingerprint density at radius 1 is 1.14 bits per heavy atom. The predicted octanol–water partition coefficient (Wildman–Crippen LogP) is 5.38. The Labute approximate surface area is 213 Å². The number of hydrogen-bond donors (Lipinski definition) is 2. The summed E-state index contributed by atoms with van der Waals surface area (Å²) < 4.78 is 39.5. The lowest BCUT2D eigenvalue weighted by Gasteiger charge is -2.38. The summed E-state index contributed by atoms with van der Waals surface area (Å²) in [4.78, 5) is 6.28. The Morgan fingerprint density at radius 3 is 2.71 bits per heavy atom. The van der Waals surface area contributed by atoms with E-state index in [2.05, 4.69) is 32.7 Å². The van der Waals surface area contributed by atoms with Crippen LogP contribution in [0.25, 0.3) is 5.57 Å². The maximum atomic E-state index is 13.2. The van der Waals surface area contributed by atoms with Gasteiger partial charge in [0, 0.05) is 42.4 Å². The molecule has 1 fully saturated rings. The van der Waals surface area contributed by atoms with Gasteiger partial charge in [0.15, 0.2) is 5.69 Å². The van der Waals surface area contributed by atoms with Crippen molar-refractivity contribution in [1.29, 1.82) is 0 Å². The van der Waals surface area contributed by atoms with E-state index in [0.717, 1.165) is 57.0 Å². The van der Waals surface area contributed by atoms with Crippen LogP contribution < -0.4 is 10.6 Å². The smallest absolute Gasteiger partial charge is 0.313 e. The van der Waals surface area contributed by atoms with Crippen molar-refractivity contribution in [2.24, 2.45) is 0 Å². The lowest BCUT2D eigenvalue weighted by atomic mass is 9.92. The molecule has 3 aliphatic rings. The van der Waals surface area contributed by atoms with Gasteiger partial charge in [-0.25, -0.2) is 4.98 Å². The van der Waals surface area contributed by atoms with Crippen molar-refractivity contribution in [3.05, 3.63) is 68.5 Å². The molecule has 9 heteroatoms. The Hall–Kier alpha value is -1.64. The van der Waals surface area contributed by atoms with Gasteiger partial charge >= 0.3 is 6.18 Å². The first kappa shape index (κ1) is 25.0. The predicted molar refractivity (Wildman–Crippen MR) is 134 cm³/mol. The average Bonchev–Trinajstić information content (AvgIpc) is 3.14. The molecule has 1 saturated heterocycles. The van der Waals surface area contributed by atoms with Crippen molar-refractivity contribution in [3.8, 4) is 0 Å². The number of benzene rings is 1. The van der Waals surface area contributed by atoms with Gasteiger partial charge in [-0.1, -0.05) is 29.3 Å². The van der Waals surface area contributed by atoms with Crippen LogP contribution in [-0.2, 0) is 19.0 Å². The zero-order chi connectivity index (χ0) is 24.6. The molecule has 0 amide bonds. The molecular weight excluding hydrogens is 496 g/mol. The third kappa shape index (κ3) is 5.54. The number of aromatic nitrogens is 1. The van der Waals surface area contributed by atoms with Crippen LogP contribution in [0, 0.1) is 0 Å². The molecule has 2 atom stereocenters. The summed E-state index contributed by atoms with van der Waals surface area (Å²) in [6.07, 6.45) is -0.248. The van der Waals surface area contributed by atoms with Crippen molar-refractivity contribution in [2.75, 3.05) is 32.7 Å². The van der Waals surface area contributed by atoms with Crippen LogP contribution in [0.15, 0.2) is 35.9 Å². The van der Waals surface area contributed by atoms with Crippen molar-refractivity contribution >= 4 is 28.8 Å². The second-order valence-electron chi connectivity index (χ2n) is 9.62. The highest BCUT2D eigenvalue weighted by atomic mass is 35.5. The zero-order valence-electron chi connectivity index (χ0n) is 19.4. The van der Waals surface area contributed by atoms with E-state index in [-0.39, 0.29) is 11.1 Å². The minimum Gasteiger partial charge on any atom is -0.313 e. The van der Waals surface area contributed by atoms with Gasteiger partial charge in [-0.3, -0.25) is 4.90 Å². The van der Waals surface area contributed by atoms with Crippen LogP contribution in [0.2, 0.25) is 10.0 Å². The van der Waals surface area contributed by atoms with Gasteiger partial charge in [0.1, 0.15) is 0 Å². The minimum absolute atomic E-state index is 0.258. The maximum Gasteiger partial charge on any atom is 0.434 e. The summed E-state index contributed by atoms with van der Waals surface area (Å²) in [5.74, 6) is 0. The summed E-state index contributed by atoms with van der Waals surface area (Å²) in [5, 5.41) is 7.50. The van der Waals surface area contributed by atoms with Gasteiger partial charge in [-0.2, -0.15) is 13.2 Å². The molecule has 188 valence electrons. The molecule has 1 aromatic carbocycles. The van der Waals surface area contributed by atoms with Crippen LogP contribution in [-0.4, -0.2) is 54.7 Å². The lowest BCUT2D eigenvalue weighted by molar-refractivity contribution is -0.141. The second kappa shape index (κ2) is 10.4. The Bertz CT molecular complexity index is 1110. The number of hydrogen-bond acceptors (Lipinski definition) is 4. The minimum atomic E-state index is -4.55. The van der Waals surface area contributed by atoms with E-state index in [1.807, 2.05) is 6.07 Å². The molecule has 5 rings (SSSR count). The first-order valence-electron chi connectivity index (χ1n) is 12.2. The van der Waals surface area contributed by atoms with E-state index < -0.39 is 11.9 Å². The van der Waals surface area contributed by atoms with Gasteiger partial charge in [-0.15, -0.1) is 0 Å². The highest BCUT2D eigenvalue weighted by Gasteiger charge is 2.36. The molecule has 2 aliphatic heterocycles. The third-order valence-electron chi connectivity index (χ3n) is 7.36. The third-order valence-corrected chi connectivity index (χ3v) is 7.90. The molecule has 1 aliphatic carbocycles. The molecule has 1 aromatic heterocycles. The van der Waals surface area contributed by atoms with Crippen LogP contribution >= 0.6 is 23.2 Å².